The summed E-state index contributed by atoms with van der Waals surface area (Å²) in [6, 6.07) is 9.65. The summed E-state index contributed by atoms with van der Waals surface area (Å²) >= 11 is 0. The van der Waals surface area contributed by atoms with E-state index >= 15 is 0 Å². The van der Waals surface area contributed by atoms with Crippen LogP contribution >= 0.6 is 0 Å². The summed E-state index contributed by atoms with van der Waals surface area (Å²) in [5.74, 6) is 0.0510. The van der Waals surface area contributed by atoms with Crippen LogP contribution in [0.4, 0.5) is 0 Å². The van der Waals surface area contributed by atoms with Crippen molar-refractivity contribution < 1.29 is 9.53 Å². The Morgan fingerprint density at radius 3 is 2.57 bits per heavy atom. The Hall–Kier alpha value is -3.62. The number of ether oxygens (including phenoxy) is 1. The summed E-state index contributed by atoms with van der Waals surface area (Å²) in [6.07, 6.45) is 1.75. The lowest BCUT2D eigenvalue weighted by molar-refractivity contribution is -0.140. The molecule has 3 aromatic heterocycles. The maximum Gasteiger partial charge on any atom is 0.332 e. The number of rotatable bonds is 4. The fourth-order valence-electron chi connectivity index (χ4n) is 3.41. The molecule has 0 amide bonds. The Balaban J connectivity index is 2.01. The van der Waals surface area contributed by atoms with E-state index in [4.69, 9.17) is 0 Å². The first-order valence-corrected chi connectivity index (χ1v) is 8.76. The van der Waals surface area contributed by atoms with Gasteiger partial charge in [0.15, 0.2) is 11.2 Å². The van der Waals surface area contributed by atoms with Crippen molar-refractivity contribution in [2.24, 2.45) is 7.05 Å². The molecule has 0 atom stereocenters. The van der Waals surface area contributed by atoms with Gasteiger partial charge in [-0.15, -0.1) is 0 Å². The number of aryl methyl sites for hydroxylation is 2. The molecule has 4 aromatic rings. The van der Waals surface area contributed by atoms with Crippen molar-refractivity contribution in [1.82, 2.24) is 23.1 Å². The number of imidazole rings is 2. The molecule has 9 heteroatoms. The normalized spacial score (nSPS) is 11.4. The van der Waals surface area contributed by atoms with Crippen LogP contribution in [0.1, 0.15) is 12.1 Å². The molecule has 0 radical (unpaired) electrons. The molecule has 0 spiro atoms. The number of esters is 1. The first-order valence-electron chi connectivity index (χ1n) is 8.76. The average molecular weight is 381 g/mol. The molecule has 0 aliphatic rings. The molecule has 3 heterocycles. The number of carbonyl (C=O) groups excluding carboxylic acids is 1. The minimum atomic E-state index is -0.523. The molecular formula is C19H19N5O4. The summed E-state index contributed by atoms with van der Waals surface area (Å²) < 4.78 is 10.6. The lowest BCUT2D eigenvalue weighted by Crippen LogP contribution is -2.39. The summed E-state index contributed by atoms with van der Waals surface area (Å²) in [6.45, 7) is 1.87. The van der Waals surface area contributed by atoms with E-state index in [1.54, 1.807) is 11.4 Å². The topological polar surface area (TPSA) is 92.5 Å². The van der Waals surface area contributed by atoms with Gasteiger partial charge in [-0.1, -0.05) is 18.2 Å². The zero-order valence-corrected chi connectivity index (χ0v) is 15.7. The van der Waals surface area contributed by atoms with Crippen LogP contribution in [0.5, 0.6) is 0 Å². The molecule has 9 nitrogen and oxygen atoms in total. The van der Waals surface area contributed by atoms with Crippen LogP contribution in [0, 0.1) is 6.92 Å². The van der Waals surface area contributed by atoms with E-state index in [9.17, 15) is 14.4 Å². The minimum absolute atomic E-state index is 0.0558. The van der Waals surface area contributed by atoms with Gasteiger partial charge in [0.1, 0.15) is 0 Å². The van der Waals surface area contributed by atoms with Gasteiger partial charge in [-0.3, -0.25) is 27.7 Å². The van der Waals surface area contributed by atoms with Gasteiger partial charge in [0.2, 0.25) is 5.78 Å². The van der Waals surface area contributed by atoms with Gasteiger partial charge >= 0.3 is 11.7 Å². The van der Waals surface area contributed by atoms with Gasteiger partial charge in [-0.2, -0.15) is 4.98 Å². The van der Waals surface area contributed by atoms with Gasteiger partial charge in [0, 0.05) is 31.2 Å². The number of methoxy groups -OCH3 is 1. The summed E-state index contributed by atoms with van der Waals surface area (Å²) in [7, 11) is 2.83. The molecule has 144 valence electrons. The molecule has 0 N–H and O–H groups in total. The first kappa shape index (κ1) is 17.8. The second-order valence-corrected chi connectivity index (χ2v) is 6.52. The summed E-state index contributed by atoms with van der Waals surface area (Å²) in [5.41, 5.74) is 1.37. The minimum Gasteiger partial charge on any atom is -0.469 e. The highest BCUT2D eigenvalue weighted by atomic mass is 16.5. The Morgan fingerprint density at radius 2 is 1.89 bits per heavy atom. The number of hydrogen-bond acceptors (Lipinski definition) is 5. The second kappa shape index (κ2) is 6.52. The largest absolute Gasteiger partial charge is 0.469 e. The molecule has 0 aliphatic heterocycles. The fraction of sp³-hybridized carbons (Fsp3) is 0.263. The molecule has 0 unspecified atom stereocenters. The molecular weight excluding hydrogens is 362 g/mol. The van der Waals surface area contributed by atoms with Gasteiger partial charge < -0.3 is 4.74 Å². The van der Waals surface area contributed by atoms with Crippen molar-refractivity contribution in [3.8, 4) is 5.69 Å². The molecule has 0 saturated carbocycles. The van der Waals surface area contributed by atoms with Crippen molar-refractivity contribution in [1.29, 1.82) is 0 Å². The number of hydrogen-bond donors (Lipinski definition) is 0. The van der Waals surface area contributed by atoms with Crippen LogP contribution in [-0.2, 0) is 23.1 Å². The third-order valence-corrected chi connectivity index (χ3v) is 4.81. The van der Waals surface area contributed by atoms with Crippen molar-refractivity contribution >= 4 is 22.9 Å². The van der Waals surface area contributed by atoms with E-state index in [1.807, 2.05) is 48.0 Å². The summed E-state index contributed by atoms with van der Waals surface area (Å²) in [5, 5.41) is 0. The number of nitrogens with zero attached hydrogens (tertiary/aromatic N) is 5. The molecule has 0 bridgehead atoms. The highest BCUT2D eigenvalue weighted by molar-refractivity contribution is 5.76. The van der Waals surface area contributed by atoms with E-state index in [-0.39, 0.29) is 13.0 Å². The van der Waals surface area contributed by atoms with E-state index in [0.717, 1.165) is 15.9 Å². The molecule has 1 aromatic carbocycles. The molecule has 0 aliphatic carbocycles. The predicted molar refractivity (Wildman–Crippen MR) is 103 cm³/mol. The van der Waals surface area contributed by atoms with Crippen LogP contribution in [0.15, 0.2) is 46.1 Å². The summed E-state index contributed by atoms with van der Waals surface area (Å²) in [4.78, 5) is 41.7. The first-order chi connectivity index (χ1) is 13.4. The van der Waals surface area contributed by atoms with Crippen molar-refractivity contribution in [2.75, 3.05) is 7.11 Å². The molecule has 4 rings (SSSR count). The second-order valence-electron chi connectivity index (χ2n) is 6.52. The third-order valence-electron chi connectivity index (χ3n) is 4.81. The van der Waals surface area contributed by atoms with Crippen molar-refractivity contribution in [2.45, 2.75) is 19.9 Å². The maximum atomic E-state index is 13.1. The lowest BCUT2D eigenvalue weighted by atomic mass is 10.3. The van der Waals surface area contributed by atoms with Crippen LogP contribution in [0.3, 0.4) is 0 Å². The van der Waals surface area contributed by atoms with Gasteiger partial charge in [0.05, 0.1) is 13.5 Å². The standard InChI is InChI=1S/C19H19N5O4/c1-12-11-23-15-16(20-18(23)24(12)13-7-5-4-6-8-13)21(2)19(27)22(17(15)26)10-9-14(25)28-3/h4-8,11H,9-10H2,1-3H3. The SMILES string of the molecule is COC(=O)CCn1c(=O)c2c(nc3n(-c4ccccc4)c(C)cn23)n(C)c1=O. The van der Waals surface area contributed by atoms with E-state index in [1.165, 1.54) is 11.7 Å². The van der Waals surface area contributed by atoms with Crippen LogP contribution in [0.2, 0.25) is 0 Å². The highest BCUT2D eigenvalue weighted by Crippen LogP contribution is 2.20. The maximum absolute atomic E-state index is 13.1. The van der Waals surface area contributed by atoms with Gasteiger partial charge in [0.25, 0.3) is 5.56 Å². The third kappa shape index (κ3) is 2.55. The van der Waals surface area contributed by atoms with E-state index in [2.05, 4.69) is 9.72 Å². The number of benzene rings is 1. The molecule has 0 fully saturated rings. The van der Waals surface area contributed by atoms with Gasteiger partial charge in [-0.05, 0) is 19.1 Å². The fourth-order valence-corrected chi connectivity index (χ4v) is 3.41. The monoisotopic (exact) mass is 381 g/mol. The zero-order chi connectivity index (χ0) is 20.0. The van der Waals surface area contributed by atoms with E-state index in [0.29, 0.717) is 16.9 Å². The van der Waals surface area contributed by atoms with Crippen molar-refractivity contribution in [3.63, 3.8) is 0 Å². The number of para-hydroxylation sites is 1. The molecule has 28 heavy (non-hydrogen) atoms. The number of fused-ring (bicyclic) bond motifs is 3. The van der Waals surface area contributed by atoms with Gasteiger partial charge in [-0.25, -0.2) is 4.79 Å². The predicted octanol–water partition coefficient (Wildman–Crippen LogP) is 1.01. The quantitative estimate of drug-likeness (QED) is 0.492. The number of carbonyl (C=O) groups is 1. The average Bonchev–Trinajstić information content (AvgIpc) is 3.21. The zero-order valence-electron chi connectivity index (χ0n) is 15.7. The van der Waals surface area contributed by atoms with Crippen molar-refractivity contribution in [3.05, 3.63) is 63.1 Å². The highest BCUT2D eigenvalue weighted by Gasteiger charge is 2.21. The molecule has 0 saturated heterocycles. The Kier molecular flexibility index (Phi) is 4.14. The van der Waals surface area contributed by atoms with Crippen LogP contribution in [-0.4, -0.2) is 36.2 Å². The van der Waals surface area contributed by atoms with Crippen LogP contribution in [0.25, 0.3) is 22.6 Å². The number of aromatic nitrogens is 5. The van der Waals surface area contributed by atoms with Crippen LogP contribution < -0.4 is 11.2 Å². The Morgan fingerprint density at radius 1 is 1.18 bits per heavy atom. The lowest BCUT2D eigenvalue weighted by Gasteiger charge is -2.07. The smallest absolute Gasteiger partial charge is 0.332 e. The Labute approximate surface area is 159 Å². The van der Waals surface area contributed by atoms with E-state index < -0.39 is 17.2 Å². The Bertz CT molecular complexity index is 1320.